The van der Waals surface area contributed by atoms with Crippen LogP contribution < -0.4 is 10.2 Å². The van der Waals surface area contributed by atoms with E-state index in [0.717, 1.165) is 24.2 Å². The molecule has 3 rings (SSSR count). The van der Waals surface area contributed by atoms with Crippen LogP contribution in [0, 0.1) is 10.1 Å². The van der Waals surface area contributed by atoms with Gasteiger partial charge in [0.05, 0.1) is 23.7 Å². The molecule has 114 valence electrons. The van der Waals surface area contributed by atoms with Gasteiger partial charge in [0.1, 0.15) is 5.69 Å². The van der Waals surface area contributed by atoms with Crippen LogP contribution in [-0.4, -0.2) is 48.5 Å². The zero-order chi connectivity index (χ0) is 15.0. The van der Waals surface area contributed by atoms with Gasteiger partial charge < -0.3 is 20.1 Å². The summed E-state index contributed by atoms with van der Waals surface area (Å²) in [5.74, 6) is 0. The summed E-state index contributed by atoms with van der Waals surface area (Å²) in [7, 11) is 0. The van der Waals surface area contributed by atoms with Crippen LogP contribution in [0.2, 0.25) is 0 Å². The molecule has 0 aliphatic carbocycles. The Morgan fingerprint density at radius 2 is 2.33 bits per heavy atom. The van der Waals surface area contributed by atoms with E-state index < -0.39 is 0 Å². The number of hydrogen-bond donors (Lipinski definition) is 2. The number of nitrogens with zero attached hydrogens (tertiary/aromatic N) is 2. The molecule has 2 aliphatic rings. The fourth-order valence-corrected chi connectivity index (χ4v) is 3.19. The smallest absolute Gasteiger partial charge is 0.292 e. The van der Waals surface area contributed by atoms with Gasteiger partial charge in [-0.15, -0.1) is 0 Å². The lowest BCUT2D eigenvalue weighted by Crippen LogP contribution is -2.48. The number of nitrogens with one attached hydrogen (secondary N) is 1. The molecule has 2 heterocycles. The Bertz CT molecular complexity index is 563. The van der Waals surface area contributed by atoms with Gasteiger partial charge in [0.2, 0.25) is 0 Å². The molecule has 0 bridgehead atoms. The lowest BCUT2D eigenvalue weighted by Gasteiger charge is -2.38. The van der Waals surface area contributed by atoms with E-state index in [1.165, 1.54) is 0 Å². The lowest BCUT2D eigenvalue weighted by molar-refractivity contribution is -0.384. The molecule has 2 aliphatic heterocycles. The van der Waals surface area contributed by atoms with Gasteiger partial charge in [-0.2, -0.15) is 0 Å². The molecule has 0 spiro atoms. The number of aliphatic hydroxyl groups excluding tert-OH is 1. The molecule has 0 saturated carbocycles. The summed E-state index contributed by atoms with van der Waals surface area (Å²) in [6.45, 7) is 3.70. The molecule has 1 saturated heterocycles. The number of benzene rings is 1. The Balaban J connectivity index is 2.03. The van der Waals surface area contributed by atoms with Crippen molar-refractivity contribution in [3.05, 3.63) is 27.8 Å². The van der Waals surface area contributed by atoms with Crippen molar-refractivity contribution in [2.45, 2.75) is 25.6 Å². The largest absolute Gasteiger partial charge is 0.394 e. The average Bonchev–Trinajstić information content (AvgIpc) is 2.93. The second-order valence-electron chi connectivity index (χ2n) is 5.55. The first-order valence-corrected chi connectivity index (χ1v) is 7.15. The Morgan fingerprint density at radius 1 is 1.52 bits per heavy atom. The van der Waals surface area contributed by atoms with Crippen molar-refractivity contribution in [2.24, 2.45) is 0 Å². The minimum absolute atomic E-state index is 0.0688. The predicted octanol–water partition coefficient (Wildman–Crippen LogP) is 1.15. The summed E-state index contributed by atoms with van der Waals surface area (Å²) < 4.78 is 5.63. The maximum absolute atomic E-state index is 11.4. The quantitative estimate of drug-likeness (QED) is 0.642. The highest BCUT2D eigenvalue weighted by Gasteiger charge is 2.33. The Morgan fingerprint density at radius 3 is 3.05 bits per heavy atom. The first-order chi connectivity index (χ1) is 10.1. The number of nitro benzene ring substituents is 1. The van der Waals surface area contributed by atoms with Crippen molar-refractivity contribution in [1.29, 1.82) is 0 Å². The fourth-order valence-electron chi connectivity index (χ4n) is 3.19. The Labute approximate surface area is 122 Å². The summed E-state index contributed by atoms with van der Waals surface area (Å²) in [6.07, 6.45) is 0.404. The topological polar surface area (TPSA) is 87.9 Å². The number of rotatable bonds is 3. The number of nitro groups is 1. The van der Waals surface area contributed by atoms with E-state index in [2.05, 4.69) is 5.32 Å². The van der Waals surface area contributed by atoms with E-state index in [0.29, 0.717) is 18.8 Å². The molecule has 1 fully saturated rings. The number of morpholine rings is 1. The molecule has 0 amide bonds. The zero-order valence-corrected chi connectivity index (χ0v) is 11.9. The maximum atomic E-state index is 11.4. The van der Waals surface area contributed by atoms with Crippen LogP contribution in [0.3, 0.4) is 0 Å². The number of hydrogen-bond acceptors (Lipinski definition) is 6. The van der Waals surface area contributed by atoms with Crippen molar-refractivity contribution in [2.75, 3.05) is 36.5 Å². The molecule has 7 nitrogen and oxygen atoms in total. The van der Waals surface area contributed by atoms with Gasteiger partial charge in [0.25, 0.3) is 5.69 Å². The van der Waals surface area contributed by atoms with Crippen LogP contribution in [0.1, 0.15) is 12.5 Å². The highest BCUT2D eigenvalue weighted by atomic mass is 16.6. The fraction of sp³-hybridized carbons (Fsp3) is 0.571. The molecule has 2 N–H and O–H groups in total. The first kappa shape index (κ1) is 14.1. The standard InChI is InChI=1S/C14H19N3O4/c1-9-6-16(7-10(8-18)21-9)14-11-4-5-15-12(11)2-3-13(14)17(19)20/h2-3,9-10,15,18H,4-8H2,1H3/t9-,10+/m0/s1. The SMILES string of the molecule is C[C@H]1CN(c2c([N+](=O)[O-])ccc3c2CCN3)C[C@H](CO)O1. The second-order valence-corrected chi connectivity index (χ2v) is 5.55. The molecule has 7 heteroatoms. The monoisotopic (exact) mass is 293 g/mol. The third-order valence-electron chi connectivity index (χ3n) is 3.99. The maximum Gasteiger partial charge on any atom is 0.292 e. The molecule has 0 radical (unpaired) electrons. The van der Waals surface area contributed by atoms with Crippen molar-refractivity contribution >= 4 is 17.1 Å². The van der Waals surface area contributed by atoms with Crippen molar-refractivity contribution in [3.8, 4) is 0 Å². The summed E-state index contributed by atoms with van der Waals surface area (Å²) in [4.78, 5) is 13.0. The van der Waals surface area contributed by atoms with Crippen LogP contribution in [-0.2, 0) is 11.2 Å². The number of fused-ring (bicyclic) bond motifs is 1. The summed E-state index contributed by atoms with van der Waals surface area (Å²) >= 11 is 0. The molecular weight excluding hydrogens is 274 g/mol. The van der Waals surface area contributed by atoms with E-state index in [9.17, 15) is 15.2 Å². The van der Waals surface area contributed by atoms with E-state index in [1.54, 1.807) is 12.1 Å². The average molecular weight is 293 g/mol. The van der Waals surface area contributed by atoms with Crippen LogP contribution in [0.5, 0.6) is 0 Å². The van der Waals surface area contributed by atoms with E-state index in [4.69, 9.17) is 4.74 Å². The highest BCUT2D eigenvalue weighted by molar-refractivity contribution is 5.78. The molecule has 21 heavy (non-hydrogen) atoms. The van der Waals surface area contributed by atoms with Gasteiger partial charge in [-0.05, 0) is 19.4 Å². The van der Waals surface area contributed by atoms with Gasteiger partial charge in [-0.3, -0.25) is 10.1 Å². The highest BCUT2D eigenvalue weighted by Crippen LogP contribution is 2.40. The predicted molar refractivity (Wildman–Crippen MR) is 78.9 cm³/mol. The van der Waals surface area contributed by atoms with Crippen molar-refractivity contribution < 1.29 is 14.8 Å². The third kappa shape index (κ3) is 2.54. The summed E-state index contributed by atoms with van der Waals surface area (Å²) in [6, 6.07) is 3.33. The zero-order valence-electron chi connectivity index (χ0n) is 11.9. The normalized spacial score (nSPS) is 24.6. The number of aliphatic hydroxyl groups is 1. The van der Waals surface area contributed by atoms with Crippen molar-refractivity contribution in [3.63, 3.8) is 0 Å². The van der Waals surface area contributed by atoms with Crippen LogP contribution in [0.15, 0.2) is 12.1 Å². The van der Waals surface area contributed by atoms with Gasteiger partial charge in [-0.25, -0.2) is 0 Å². The Kier molecular flexibility index (Phi) is 3.69. The van der Waals surface area contributed by atoms with Crippen LogP contribution >= 0.6 is 0 Å². The number of ether oxygens (including phenoxy) is 1. The summed E-state index contributed by atoms with van der Waals surface area (Å²) in [5, 5.41) is 24.0. The molecular formula is C14H19N3O4. The molecule has 1 aromatic rings. The summed E-state index contributed by atoms with van der Waals surface area (Å²) in [5.41, 5.74) is 2.77. The third-order valence-corrected chi connectivity index (χ3v) is 3.99. The Hall–Kier alpha value is -1.86. The second kappa shape index (κ2) is 5.50. The van der Waals surface area contributed by atoms with Gasteiger partial charge in [-0.1, -0.05) is 0 Å². The van der Waals surface area contributed by atoms with Gasteiger partial charge in [0, 0.05) is 37.0 Å². The van der Waals surface area contributed by atoms with Crippen LogP contribution in [0.25, 0.3) is 0 Å². The van der Waals surface area contributed by atoms with Gasteiger partial charge in [0.15, 0.2) is 0 Å². The molecule has 2 atom stereocenters. The van der Waals surface area contributed by atoms with E-state index in [-0.39, 0.29) is 29.4 Å². The lowest BCUT2D eigenvalue weighted by atomic mass is 10.1. The molecule has 1 aromatic carbocycles. The van der Waals surface area contributed by atoms with Crippen LogP contribution in [0.4, 0.5) is 17.1 Å². The van der Waals surface area contributed by atoms with Crippen molar-refractivity contribution in [1.82, 2.24) is 0 Å². The first-order valence-electron chi connectivity index (χ1n) is 7.15. The minimum atomic E-state index is -0.331. The molecule has 0 unspecified atom stereocenters. The molecule has 0 aromatic heterocycles. The van der Waals surface area contributed by atoms with E-state index >= 15 is 0 Å². The van der Waals surface area contributed by atoms with Gasteiger partial charge >= 0.3 is 0 Å². The minimum Gasteiger partial charge on any atom is -0.394 e. The van der Waals surface area contributed by atoms with E-state index in [1.807, 2.05) is 11.8 Å². The number of anilines is 2.